The van der Waals surface area contributed by atoms with Crippen molar-refractivity contribution in [3.05, 3.63) is 0 Å². The number of halogens is 3. The van der Waals surface area contributed by atoms with Crippen LogP contribution in [0, 0.1) is 0 Å². The summed E-state index contributed by atoms with van der Waals surface area (Å²) in [5.74, 6) is 0. The molecule has 0 rings (SSSR count). The first-order valence-electron chi connectivity index (χ1n) is 2.88. The molecule has 3 N–H and O–H groups in total. The van der Waals surface area contributed by atoms with E-state index in [1.807, 2.05) is 0 Å². The third kappa shape index (κ3) is 9.94. The van der Waals surface area contributed by atoms with E-state index >= 15 is 0 Å². The van der Waals surface area contributed by atoms with Crippen LogP contribution in [0.1, 0.15) is 12.8 Å². The first-order valence-corrected chi connectivity index (χ1v) is 4.79. The average molecular weight is 191 g/mol. The summed E-state index contributed by atoms with van der Waals surface area (Å²) in [6, 6.07) is 0. The van der Waals surface area contributed by atoms with Crippen LogP contribution in [0.2, 0.25) is 0 Å². The molecule has 0 amide bonds. The summed E-state index contributed by atoms with van der Waals surface area (Å²) in [5.41, 5.74) is 4.61. The van der Waals surface area contributed by atoms with E-state index in [1.54, 1.807) is 0 Å². The highest BCUT2D eigenvalue weighted by Crippen LogP contribution is 2.33. The van der Waals surface area contributed by atoms with Gasteiger partial charge in [-0.15, -0.1) is 0 Å². The molecule has 0 saturated heterocycles. The topological polar surface area (TPSA) is 63.3 Å². The lowest BCUT2D eigenvalue weighted by Gasteiger charge is -2.06. The Morgan fingerprint density at radius 1 is 1.45 bits per heavy atom. The van der Waals surface area contributed by atoms with Gasteiger partial charge in [0.05, 0.1) is 0 Å². The lowest BCUT2D eigenvalue weighted by Crippen LogP contribution is -2.09. The predicted molar refractivity (Wildman–Crippen MR) is 34.2 cm³/mol. The van der Waals surface area contributed by atoms with Crippen LogP contribution < -0.4 is 5.50 Å². The van der Waals surface area contributed by atoms with E-state index in [1.165, 1.54) is 0 Å². The molecule has 1 atom stereocenters. The average Bonchev–Trinajstić information content (AvgIpc) is 1.55. The van der Waals surface area contributed by atoms with Crippen molar-refractivity contribution >= 4 is 7.52 Å². The molecule has 0 aliphatic carbocycles. The Morgan fingerprint density at radius 2 is 1.91 bits per heavy atom. The Bertz CT molecular complexity index is 163. The maximum atomic E-state index is 11.4. The normalized spacial score (nSPS) is 17.9. The molecule has 7 heteroatoms. The zero-order chi connectivity index (χ0) is 9.12. The summed E-state index contributed by atoms with van der Waals surface area (Å²) in [6.45, 7) is 0. The molecule has 11 heavy (non-hydrogen) atoms. The fraction of sp³-hybridized carbons (Fsp3) is 1.00. The van der Waals surface area contributed by atoms with Crippen molar-refractivity contribution in [2.75, 3.05) is 6.16 Å². The zero-order valence-corrected chi connectivity index (χ0v) is 6.53. The summed E-state index contributed by atoms with van der Waals surface area (Å²) >= 11 is 0. The van der Waals surface area contributed by atoms with Crippen LogP contribution in [-0.2, 0) is 4.57 Å². The van der Waals surface area contributed by atoms with Crippen LogP contribution in [-0.4, -0.2) is 17.2 Å². The van der Waals surface area contributed by atoms with Crippen LogP contribution in [0.25, 0.3) is 0 Å². The van der Waals surface area contributed by atoms with E-state index in [0.717, 1.165) is 0 Å². The number of nitrogens with two attached hydrogens (primary N) is 1. The smallest absolute Gasteiger partial charge is 0.333 e. The maximum Gasteiger partial charge on any atom is 0.389 e. The van der Waals surface area contributed by atoms with E-state index in [9.17, 15) is 17.7 Å². The Morgan fingerprint density at radius 3 is 2.18 bits per heavy atom. The van der Waals surface area contributed by atoms with Gasteiger partial charge in [0, 0.05) is 12.6 Å². The summed E-state index contributed by atoms with van der Waals surface area (Å²) in [7, 11) is -3.75. The molecule has 3 nitrogen and oxygen atoms in total. The first kappa shape index (κ1) is 10.9. The van der Waals surface area contributed by atoms with Gasteiger partial charge in [-0.05, 0) is 6.42 Å². The first-order chi connectivity index (χ1) is 4.71. The Labute approximate surface area is 61.9 Å². The van der Waals surface area contributed by atoms with Crippen molar-refractivity contribution in [3.63, 3.8) is 0 Å². The molecule has 0 aromatic carbocycles. The quantitative estimate of drug-likeness (QED) is 0.664. The minimum atomic E-state index is -4.27. The second-order valence-corrected chi connectivity index (χ2v) is 4.16. The van der Waals surface area contributed by atoms with Crippen molar-refractivity contribution in [1.82, 2.24) is 0 Å². The summed E-state index contributed by atoms with van der Waals surface area (Å²) < 4.78 is 44.5. The number of rotatable bonds is 3. The van der Waals surface area contributed by atoms with Gasteiger partial charge in [-0.2, -0.15) is 13.2 Å². The van der Waals surface area contributed by atoms with Gasteiger partial charge in [0.1, 0.15) is 0 Å². The highest BCUT2D eigenvalue weighted by Gasteiger charge is 2.27. The van der Waals surface area contributed by atoms with Crippen LogP contribution in [0.3, 0.4) is 0 Å². The molecule has 0 aromatic heterocycles. The predicted octanol–water partition coefficient (Wildman–Crippen LogP) is 1.47. The molecule has 0 aliphatic heterocycles. The molecule has 0 aliphatic rings. The van der Waals surface area contributed by atoms with Gasteiger partial charge in [0.25, 0.3) is 7.52 Å². The standard InChI is InChI=1S/C4H9F3NO2P/c5-4(6,7)2-1-3-11(8,9)10/h1-3H2,(H3,8,9,10). The molecule has 0 radical (unpaired) electrons. The molecule has 0 fully saturated rings. The zero-order valence-electron chi connectivity index (χ0n) is 5.64. The van der Waals surface area contributed by atoms with Gasteiger partial charge in [-0.1, -0.05) is 0 Å². The highest BCUT2D eigenvalue weighted by molar-refractivity contribution is 7.55. The summed E-state index contributed by atoms with van der Waals surface area (Å²) in [6.07, 6.45) is -6.20. The molecule has 1 unspecified atom stereocenters. The molecule has 0 bridgehead atoms. The lowest BCUT2D eigenvalue weighted by molar-refractivity contribution is -0.134. The van der Waals surface area contributed by atoms with Crippen molar-refractivity contribution in [2.45, 2.75) is 19.0 Å². The number of hydrogen-bond acceptors (Lipinski definition) is 1. The Hall–Kier alpha value is -0.0600. The van der Waals surface area contributed by atoms with Gasteiger partial charge < -0.3 is 4.89 Å². The fourth-order valence-corrected chi connectivity index (χ4v) is 1.12. The fourth-order valence-electron chi connectivity index (χ4n) is 0.506. The monoisotopic (exact) mass is 191 g/mol. The summed E-state index contributed by atoms with van der Waals surface area (Å²) in [4.78, 5) is 8.38. The van der Waals surface area contributed by atoms with Crippen molar-refractivity contribution < 1.29 is 22.6 Å². The van der Waals surface area contributed by atoms with Crippen LogP contribution in [0.4, 0.5) is 13.2 Å². The second kappa shape index (κ2) is 3.56. The minimum absolute atomic E-state index is 0.395. The van der Waals surface area contributed by atoms with Gasteiger partial charge in [0.2, 0.25) is 0 Å². The molecule has 0 spiro atoms. The largest absolute Gasteiger partial charge is 0.389 e. The molecule has 0 heterocycles. The van der Waals surface area contributed by atoms with Crippen LogP contribution in [0.5, 0.6) is 0 Å². The van der Waals surface area contributed by atoms with Crippen molar-refractivity contribution in [3.8, 4) is 0 Å². The van der Waals surface area contributed by atoms with E-state index in [-0.39, 0.29) is 0 Å². The van der Waals surface area contributed by atoms with E-state index in [4.69, 9.17) is 4.89 Å². The third-order valence-electron chi connectivity index (χ3n) is 0.939. The number of hydrogen-bond donors (Lipinski definition) is 2. The summed E-state index contributed by atoms with van der Waals surface area (Å²) in [5, 5.41) is 0. The minimum Gasteiger partial charge on any atom is -0.333 e. The van der Waals surface area contributed by atoms with Gasteiger partial charge in [-0.3, -0.25) is 10.1 Å². The molecular weight excluding hydrogens is 182 g/mol. The van der Waals surface area contributed by atoms with Crippen molar-refractivity contribution in [2.24, 2.45) is 5.50 Å². The van der Waals surface area contributed by atoms with Gasteiger partial charge in [0.15, 0.2) is 0 Å². The molecule has 68 valence electrons. The van der Waals surface area contributed by atoms with Gasteiger partial charge >= 0.3 is 6.18 Å². The molecule has 0 aromatic rings. The van der Waals surface area contributed by atoms with E-state index < -0.39 is 32.7 Å². The van der Waals surface area contributed by atoms with Crippen LogP contribution >= 0.6 is 7.52 Å². The highest BCUT2D eigenvalue weighted by atomic mass is 31.2. The molecule has 0 saturated carbocycles. The second-order valence-electron chi connectivity index (χ2n) is 2.20. The van der Waals surface area contributed by atoms with Crippen molar-refractivity contribution in [1.29, 1.82) is 0 Å². The van der Waals surface area contributed by atoms with E-state index in [0.29, 0.717) is 0 Å². The lowest BCUT2D eigenvalue weighted by atomic mass is 10.3. The van der Waals surface area contributed by atoms with Crippen LogP contribution in [0.15, 0.2) is 0 Å². The SMILES string of the molecule is NP(=O)(O)CCCC(F)(F)F. The van der Waals surface area contributed by atoms with E-state index in [2.05, 4.69) is 5.50 Å². The Balaban J connectivity index is 3.52. The maximum absolute atomic E-state index is 11.4. The number of alkyl halides is 3. The molecular formula is C4H9F3NO2P. The third-order valence-corrected chi connectivity index (χ3v) is 1.90. The van der Waals surface area contributed by atoms with Gasteiger partial charge in [-0.25, -0.2) is 0 Å². The Kier molecular flexibility index (Phi) is 3.54.